The average Bonchev–Trinajstić information content (AvgIpc) is 2.73. The fourth-order valence-electron chi connectivity index (χ4n) is 3.05. The number of aliphatic hydroxyl groups excluding tert-OH is 4. The van der Waals surface area contributed by atoms with E-state index in [-0.39, 0.29) is 11.3 Å². The molecule has 1 aliphatic heterocycles. The van der Waals surface area contributed by atoms with E-state index < -0.39 is 54.6 Å². The number of hydrogen-bond acceptors (Lipinski definition) is 9. The van der Waals surface area contributed by atoms with Gasteiger partial charge in [0.2, 0.25) is 6.29 Å². The molecule has 2 aromatic carbocycles. The van der Waals surface area contributed by atoms with Gasteiger partial charge in [-0.1, -0.05) is 29.8 Å². The summed E-state index contributed by atoms with van der Waals surface area (Å²) in [6.07, 6.45) is -5.25. The van der Waals surface area contributed by atoms with Crippen LogP contribution in [0.2, 0.25) is 5.02 Å². The van der Waals surface area contributed by atoms with E-state index in [2.05, 4.69) is 0 Å². The van der Waals surface area contributed by atoms with E-state index in [1.807, 2.05) is 0 Å². The van der Waals surface area contributed by atoms with Gasteiger partial charge in [0.05, 0.1) is 6.61 Å². The molecule has 0 saturated carbocycles. The number of aliphatic hydroxyl groups is 4. The molecule has 0 aliphatic carbocycles. The zero-order valence-corrected chi connectivity index (χ0v) is 16.8. The Labute approximate surface area is 182 Å². The first-order valence-corrected chi connectivity index (χ1v) is 9.60. The van der Waals surface area contributed by atoms with Gasteiger partial charge in [-0.05, 0) is 23.8 Å². The molecule has 31 heavy (non-hydrogen) atoms. The van der Waals surface area contributed by atoms with Crippen molar-refractivity contribution >= 4 is 23.5 Å². The number of hydrogen-bond donors (Lipinski definition) is 6. The quantitative estimate of drug-likeness (QED) is 0.276. The number of allylic oxidation sites excluding steroid dienone is 1. The highest BCUT2D eigenvalue weighted by atomic mass is 35.5. The molecule has 0 aromatic heterocycles. The predicted octanol–water partition coefficient (Wildman–Crippen LogP) is 0.826. The second-order valence-electron chi connectivity index (χ2n) is 6.90. The maximum absolute atomic E-state index is 12.7. The maximum atomic E-state index is 12.7. The molecule has 0 radical (unpaired) electrons. The zero-order chi connectivity index (χ0) is 22.7. The van der Waals surface area contributed by atoms with Crippen molar-refractivity contribution < 1.29 is 44.9 Å². The second kappa shape index (κ2) is 9.65. The fraction of sp³-hybridized carbons (Fsp3) is 0.286. The standard InChI is InChI=1S/C21H21ClO9/c22-11-4-1-10(2-5-11)3-6-13(25)17-14(26)7-12(24)8-15(17)30-21-20(29)19(28)18(27)16(9-23)31-21/h1-8,16,18-21,23-24,26-29H,9H2. The predicted molar refractivity (Wildman–Crippen MR) is 109 cm³/mol. The van der Waals surface area contributed by atoms with Crippen molar-refractivity contribution in [2.24, 2.45) is 0 Å². The summed E-state index contributed by atoms with van der Waals surface area (Å²) in [5.41, 5.74) is 0.326. The molecular formula is C21H21ClO9. The summed E-state index contributed by atoms with van der Waals surface area (Å²) in [6, 6.07) is 8.57. The monoisotopic (exact) mass is 452 g/mol. The fourth-order valence-corrected chi connectivity index (χ4v) is 3.17. The third-order valence-corrected chi connectivity index (χ3v) is 4.95. The number of phenols is 2. The van der Waals surface area contributed by atoms with Crippen molar-refractivity contribution in [1.82, 2.24) is 0 Å². The molecule has 0 bridgehead atoms. The third kappa shape index (κ3) is 5.16. The number of benzene rings is 2. The van der Waals surface area contributed by atoms with Crippen LogP contribution in [-0.2, 0) is 4.74 Å². The first kappa shape index (κ1) is 23.0. The number of halogens is 1. The minimum Gasteiger partial charge on any atom is -0.508 e. The highest BCUT2D eigenvalue weighted by Gasteiger charge is 2.45. The minimum absolute atomic E-state index is 0.333. The summed E-state index contributed by atoms with van der Waals surface area (Å²) < 4.78 is 10.7. The topological polar surface area (TPSA) is 157 Å². The Hall–Kier alpha value is -2.66. The number of carbonyl (C=O) groups is 1. The largest absolute Gasteiger partial charge is 0.508 e. The molecule has 1 saturated heterocycles. The van der Waals surface area contributed by atoms with Crippen molar-refractivity contribution in [3.05, 3.63) is 58.6 Å². The van der Waals surface area contributed by atoms with Crippen molar-refractivity contribution in [2.45, 2.75) is 30.7 Å². The lowest BCUT2D eigenvalue weighted by Crippen LogP contribution is -2.60. The van der Waals surface area contributed by atoms with Gasteiger partial charge in [0.15, 0.2) is 5.78 Å². The minimum atomic E-state index is -1.74. The van der Waals surface area contributed by atoms with Gasteiger partial charge in [-0.25, -0.2) is 0 Å². The Morgan fingerprint density at radius 3 is 2.39 bits per heavy atom. The van der Waals surface area contributed by atoms with Crippen LogP contribution in [0.4, 0.5) is 0 Å². The third-order valence-electron chi connectivity index (χ3n) is 4.70. The van der Waals surface area contributed by atoms with Crippen molar-refractivity contribution in [3.8, 4) is 17.2 Å². The van der Waals surface area contributed by atoms with Gasteiger partial charge in [0.1, 0.15) is 47.2 Å². The summed E-state index contributed by atoms with van der Waals surface area (Å²) in [5, 5.41) is 59.8. The van der Waals surface area contributed by atoms with Gasteiger partial charge in [0, 0.05) is 17.2 Å². The van der Waals surface area contributed by atoms with E-state index in [4.69, 9.17) is 21.1 Å². The second-order valence-corrected chi connectivity index (χ2v) is 7.34. The summed E-state index contributed by atoms with van der Waals surface area (Å²) in [4.78, 5) is 12.7. The highest BCUT2D eigenvalue weighted by Crippen LogP contribution is 2.36. The van der Waals surface area contributed by atoms with Gasteiger partial charge >= 0.3 is 0 Å². The van der Waals surface area contributed by atoms with Crippen LogP contribution in [-0.4, -0.2) is 73.7 Å². The number of phenolic OH excluding ortho intramolecular Hbond substituents is 2. The smallest absolute Gasteiger partial charge is 0.229 e. The molecule has 0 amide bonds. The summed E-state index contributed by atoms with van der Waals surface area (Å²) in [7, 11) is 0. The van der Waals surface area contributed by atoms with Gasteiger partial charge in [-0.3, -0.25) is 4.79 Å². The molecule has 2 aromatic rings. The Bertz CT molecular complexity index is 958. The van der Waals surface area contributed by atoms with E-state index in [0.717, 1.165) is 18.2 Å². The van der Waals surface area contributed by atoms with Gasteiger partial charge < -0.3 is 40.1 Å². The molecule has 0 spiro atoms. The van der Waals surface area contributed by atoms with Crippen molar-refractivity contribution in [2.75, 3.05) is 6.61 Å². The summed E-state index contributed by atoms with van der Waals surface area (Å²) >= 11 is 5.83. The van der Waals surface area contributed by atoms with Gasteiger partial charge in [-0.2, -0.15) is 0 Å². The number of rotatable bonds is 6. The van der Waals surface area contributed by atoms with Crippen LogP contribution >= 0.6 is 11.6 Å². The van der Waals surface area contributed by atoms with Crippen LogP contribution in [0.3, 0.4) is 0 Å². The molecule has 5 atom stereocenters. The molecule has 166 valence electrons. The first-order chi connectivity index (χ1) is 14.7. The van der Waals surface area contributed by atoms with E-state index >= 15 is 0 Å². The SMILES string of the molecule is O=C(C=Cc1ccc(Cl)cc1)c1c(O)cc(O)cc1OC1OC(CO)C(O)C(O)C1O. The van der Waals surface area contributed by atoms with Crippen LogP contribution in [0.1, 0.15) is 15.9 Å². The number of aromatic hydroxyl groups is 2. The Balaban J connectivity index is 1.89. The van der Waals surface area contributed by atoms with E-state index in [1.54, 1.807) is 24.3 Å². The van der Waals surface area contributed by atoms with Crippen molar-refractivity contribution in [1.29, 1.82) is 0 Å². The molecule has 1 heterocycles. The van der Waals surface area contributed by atoms with Crippen LogP contribution in [0.25, 0.3) is 6.08 Å². The zero-order valence-electron chi connectivity index (χ0n) is 16.0. The maximum Gasteiger partial charge on any atom is 0.229 e. The normalized spacial score (nSPS) is 26.2. The van der Waals surface area contributed by atoms with Crippen LogP contribution in [0.5, 0.6) is 17.2 Å². The van der Waals surface area contributed by atoms with Crippen molar-refractivity contribution in [3.63, 3.8) is 0 Å². The molecule has 1 fully saturated rings. The Morgan fingerprint density at radius 1 is 1.06 bits per heavy atom. The lowest BCUT2D eigenvalue weighted by molar-refractivity contribution is -0.277. The van der Waals surface area contributed by atoms with Gasteiger partial charge in [0.25, 0.3) is 0 Å². The molecule has 1 aliphatic rings. The van der Waals surface area contributed by atoms with E-state index in [9.17, 15) is 35.4 Å². The molecular weight excluding hydrogens is 432 g/mol. The van der Waals surface area contributed by atoms with E-state index in [1.165, 1.54) is 6.08 Å². The summed E-state index contributed by atoms with van der Waals surface area (Å²) in [5.74, 6) is -2.06. The van der Waals surface area contributed by atoms with Crippen LogP contribution in [0.15, 0.2) is 42.5 Å². The average molecular weight is 453 g/mol. The molecule has 5 unspecified atom stereocenters. The first-order valence-electron chi connectivity index (χ1n) is 9.22. The van der Waals surface area contributed by atoms with Crippen LogP contribution < -0.4 is 4.74 Å². The molecule has 10 heteroatoms. The lowest BCUT2D eigenvalue weighted by atomic mass is 9.99. The number of ketones is 1. The number of ether oxygens (including phenoxy) is 2. The van der Waals surface area contributed by atoms with Crippen LogP contribution in [0, 0.1) is 0 Å². The molecule has 3 rings (SSSR count). The highest BCUT2D eigenvalue weighted by molar-refractivity contribution is 6.30. The molecule has 9 nitrogen and oxygen atoms in total. The van der Waals surface area contributed by atoms with Gasteiger partial charge in [-0.15, -0.1) is 0 Å². The lowest BCUT2D eigenvalue weighted by Gasteiger charge is -2.39. The molecule has 6 N–H and O–H groups in total. The van der Waals surface area contributed by atoms with E-state index in [0.29, 0.717) is 10.6 Å². The Kier molecular flexibility index (Phi) is 7.16. The Morgan fingerprint density at radius 2 is 1.74 bits per heavy atom. The summed E-state index contributed by atoms with van der Waals surface area (Å²) in [6.45, 7) is -0.675. The number of carbonyl (C=O) groups excluding carboxylic acids is 1.